The SMILES string of the molecule is [CH2-]CC(C)CCCC(C)(C)OC.[Cl-].[Mg+2]. The summed E-state index contributed by atoms with van der Waals surface area (Å²) in [5, 5.41) is 0. The van der Waals surface area contributed by atoms with Gasteiger partial charge in [0.15, 0.2) is 0 Å². The molecule has 0 heterocycles. The summed E-state index contributed by atoms with van der Waals surface area (Å²) in [6.45, 7) is 10.4. The minimum atomic E-state index is 0. The summed E-state index contributed by atoms with van der Waals surface area (Å²) in [5.41, 5.74) is 0.0564. The summed E-state index contributed by atoms with van der Waals surface area (Å²) in [6, 6.07) is 0. The largest absolute Gasteiger partial charge is 2.00 e. The van der Waals surface area contributed by atoms with Gasteiger partial charge in [0.2, 0.25) is 0 Å². The van der Waals surface area contributed by atoms with Gasteiger partial charge < -0.3 is 24.1 Å². The Labute approximate surface area is 112 Å². The van der Waals surface area contributed by atoms with E-state index < -0.39 is 0 Å². The fraction of sp³-hybridized carbons (Fsp3) is 0.909. The Balaban J connectivity index is -0.000000605. The smallest absolute Gasteiger partial charge is 1.00 e. The maximum Gasteiger partial charge on any atom is 2.00 e. The van der Waals surface area contributed by atoms with Crippen molar-refractivity contribution < 1.29 is 17.1 Å². The van der Waals surface area contributed by atoms with Gasteiger partial charge in [-0.15, -0.1) is 0 Å². The topological polar surface area (TPSA) is 9.23 Å². The number of rotatable bonds is 6. The third kappa shape index (κ3) is 11.1. The summed E-state index contributed by atoms with van der Waals surface area (Å²) in [7, 11) is 1.78. The summed E-state index contributed by atoms with van der Waals surface area (Å²) in [6.07, 6.45) is 4.72. The summed E-state index contributed by atoms with van der Waals surface area (Å²) in [5.74, 6) is 0.762. The van der Waals surface area contributed by atoms with Crippen LogP contribution in [0.15, 0.2) is 0 Å². The van der Waals surface area contributed by atoms with Crippen LogP contribution in [0.2, 0.25) is 0 Å². The molecular weight excluding hydrogens is 208 g/mol. The van der Waals surface area contributed by atoms with Gasteiger partial charge in [-0.1, -0.05) is 25.7 Å². The zero-order valence-corrected chi connectivity index (χ0v) is 12.3. The first-order valence-corrected chi connectivity index (χ1v) is 4.86. The van der Waals surface area contributed by atoms with Crippen LogP contribution in [-0.4, -0.2) is 35.8 Å². The molecule has 0 aliphatic rings. The fourth-order valence-corrected chi connectivity index (χ4v) is 1.12. The molecule has 0 saturated heterocycles. The number of ether oxygens (including phenoxy) is 1. The van der Waals surface area contributed by atoms with E-state index in [4.69, 9.17) is 4.74 Å². The molecule has 82 valence electrons. The Morgan fingerprint density at radius 1 is 1.36 bits per heavy atom. The van der Waals surface area contributed by atoms with Crippen molar-refractivity contribution in [2.75, 3.05) is 7.11 Å². The van der Waals surface area contributed by atoms with Crippen LogP contribution in [0.4, 0.5) is 0 Å². The molecule has 0 saturated carbocycles. The van der Waals surface area contributed by atoms with Gasteiger partial charge in [-0.3, -0.25) is 0 Å². The van der Waals surface area contributed by atoms with Crippen molar-refractivity contribution in [2.24, 2.45) is 5.92 Å². The number of hydrogen-bond acceptors (Lipinski definition) is 1. The molecule has 0 aromatic rings. The normalized spacial score (nSPS) is 12.6. The number of methoxy groups -OCH3 is 1. The van der Waals surface area contributed by atoms with Crippen molar-refractivity contribution in [1.29, 1.82) is 0 Å². The fourth-order valence-electron chi connectivity index (χ4n) is 1.12. The molecule has 0 aliphatic carbocycles. The number of hydrogen-bond donors (Lipinski definition) is 0. The van der Waals surface area contributed by atoms with Gasteiger partial charge in [0.25, 0.3) is 0 Å². The molecule has 0 amide bonds. The molecule has 0 rings (SSSR count). The van der Waals surface area contributed by atoms with E-state index in [0.29, 0.717) is 0 Å². The molecule has 1 nitrogen and oxygen atoms in total. The maximum atomic E-state index is 5.34. The van der Waals surface area contributed by atoms with Crippen LogP contribution in [0.5, 0.6) is 0 Å². The summed E-state index contributed by atoms with van der Waals surface area (Å²) < 4.78 is 5.34. The van der Waals surface area contributed by atoms with Crippen LogP contribution >= 0.6 is 0 Å². The molecule has 3 heteroatoms. The van der Waals surface area contributed by atoms with Crippen LogP contribution in [-0.2, 0) is 4.74 Å². The van der Waals surface area contributed by atoms with Gasteiger partial charge in [-0.2, -0.15) is 6.42 Å². The second-order valence-electron chi connectivity index (χ2n) is 4.25. The zero-order valence-electron chi connectivity index (χ0n) is 10.1. The average molecular weight is 231 g/mol. The van der Waals surface area contributed by atoms with Crippen LogP contribution in [0.1, 0.15) is 46.5 Å². The molecule has 0 spiro atoms. The third-order valence-electron chi connectivity index (χ3n) is 2.52. The molecule has 0 fully saturated rings. The van der Waals surface area contributed by atoms with Gasteiger partial charge in [0.05, 0.1) is 5.60 Å². The first-order chi connectivity index (χ1) is 5.52. The average Bonchev–Trinajstić information content (AvgIpc) is 2.04. The monoisotopic (exact) mass is 230 g/mol. The van der Waals surface area contributed by atoms with Crippen molar-refractivity contribution >= 4 is 23.1 Å². The van der Waals surface area contributed by atoms with Gasteiger partial charge in [0.1, 0.15) is 0 Å². The van der Waals surface area contributed by atoms with Crippen LogP contribution in [0.3, 0.4) is 0 Å². The van der Waals surface area contributed by atoms with Gasteiger partial charge in [-0.05, 0) is 20.3 Å². The van der Waals surface area contributed by atoms with Crippen molar-refractivity contribution in [3.63, 3.8) is 0 Å². The standard InChI is InChI=1S/C11H23O.ClH.Mg/c1-6-10(2)8-7-9-11(3,4)12-5;;/h10H,1,6-9H2,2-5H3;1H;/q-1;;+2/p-1. The Bertz CT molecular complexity index is 118. The van der Waals surface area contributed by atoms with E-state index in [-0.39, 0.29) is 41.1 Å². The van der Waals surface area contributed by atoms with E-state index in [1.807, 2.05) is 0 Å². The second kappa shape index (κ2) is 10.5. The van der Waals surface area contributed by atoms with Crippen LogP contribution in [0, 0.1) is 12.8 Å². The maximum absolute atomic E-state index is 5.34. The molecule has 14 heavy (non-hydrogen) atoms. The van der Waals surface area contributed by atoms with Crippen molar-refractivity contribution in [3.05, 3.63) is 6.92 Å². The summed E-state index contributed by atoms with van der Waals surface area (Å²) in [4.78, 5) is 0. The van der Waals surface area contributed by atoms with Gasteiger partial charge >= 0.3 is 23.1 Å². The van der Waals surface area contributed by atoms with Crippen LogP contribution < -0.4 is 12.4 Å². The molecule has 0 aromatic heterocycles. The Morgan fingerprint density at radius 2 is 1.86 bits per heavy atom. The van der Waals surface area contributed by atoms with Crippen molar-refractivity contribution in [1.82, 2.24) is 0 Å². The van der Waals surface area contributed by atoms with Crippen molar-refractivity contribution in [2.45, 2.75) is 52.1 Å². The molecule has 1 unspecified atom stereocenters. The predicted octanol–water partition coefficient (Wildman–Crippen LogP) is 0.0652. The Kier molecular flexibility index (Phi) is 15.4. The molecule has 0 bridgehead atoms. The van der Waals surface area contributed by atoms with Gasteiger partial charge in [-0.25, -0.2) is 0 Å². The predicted molar refractivity (Wildman–Crippen MR) is 59.8 cm³/mol. The molecule has 0 aromatic carbocycles. The second-order valence-corrected chi connectivity index (χ2v) is 4.25. The molecule has 0 N–H and O–H groups in total. The van der Waals surface area contributed by atoms with Crippen molar-refractivity contribution in [3.8, 4) is 0 Å². The molecule has 1 atom stereocenters. The van der Waals surface area contributed by atoms with E-state index in [1.54, 1.807) is 7.11 Å². The van der Waals surface area contributed by atoms with E-state index in [2.05, 4.69) is 27.7 Å². The van der Waals surface area contributed by atoms with E-state index in [9.17, 15) is 0 Å². The molecule has 0 radical (unpaired) electrons. The van der Waals surface area contributed by atoms with Gasteiger partial charge in [0, 0.05) is 7.11 Å². The van der Waals surface area contributed by atoms with E-state index >= 15 is 0 Å². The molecular formula is C11H23ClMgO. The van der Waals surface area contributed by atoms with E-state index in [0.717, 1.165) is 18.8 Å². The first-order valence-electron chi connectivity index (χ1n) is 4.86. The molecule has 0 aliphatic heterocycles. The zero-order chi connectivity index (χ0) is 9.61. The Hall–Kier alpha value is 1.02. The third-order valence-corrected chi connectivity index (χ3v) is 2.52. The van der Waals surface area contributed by atoms with Crippen LogP contribution in [0.25, 0.3) is 0 Å². The Morgan fingerprint density at radius 3 is 2.21 bits per heavy atom. The minimum Gasteiger partial charge on any atom is -1.00 e. The first kappa shape index (κ1) is 20.4. The summed E-state index contributed by atoms with van der Waals surface area (Å²) >= 11 is 0. The number of halogens is 1. The van der Waals surface area contributed by atoms with E-state index in [1.165, 1.54) is 12.8 Å². The minimum absolute atomic E-state index is 0. The quantitative estimate of drug-likeness (QED) is 0.464.